The normalized spacial score (nSPS) is 19.2. The number of aromatic nitrogens is 5. The molecule has 1 atom stereocenters. The molecule has 15 heteroatoms. The van der Waals surface area contributed by atoms with Crippen LogP contribution in [0.25, 0.3) is 11.3 Å². The third-order valence-corrected chi connectivity index (χ3v) is 11.4. The van der Waals surface area contributed by atoms with E-state index in [1.54, 1.807) is 42.7 Å². The first-order valence-electron chi connectivity index (χ1n) is 19.2. The number of hydrogen-bond acceptors (Lipinski definition) is 11. The Labute approximate surface area is 319 Å². The Kier molecular flexibility index (Phi) is 10.2. The van der Waals surface area contributed by atoms with Crippen molar-refractivity contribution in [3.63, 3.8) is 0 Å². The highest BCUT2D eigenvalue weighted by Crippen LogP contribution is 2.35. The molecule has 3 aliphatic heterocycles. The molecular formula is C40H48N10O5. The van der Waals surface area contributed by atoms with Crippen LogP contribution < -0.4 is 26.0 Å². The zero-order valence-corrected chi connectivity index (χ0v) is 31.5. The van der Waals surface area contributed by atoms with Gasteiger partial charge in [-0.2, -0.15) is 0 Å². The van der Waals surface area contributed by atoms with E-state index in [4.69, 9.17) is 14.7 Å². The van der Waals surface area contributed by atoms with Crippen molar-refractivity contribution in [3.8, 4) is 11.3 Å². The summed E-state index contributed by atoms with van der Waals surface area (Å²) in [6.07, 6.45) is 12.3. The fourth-order valence-electron chi connectivity index (χ4n) is 8.62. The van der Waals surface area contributed by atoms with E-state index in [2.05, 4.69) is 43.5 Å². The number of piperazine rings is 1. The Bertz CT molecular complexity index is 2190. The second-order valence-electron chi connectivity index (χ2n) is 14.8. The van der Waals surface area contributed by atoms with Gasteiger partial charge in [-0.05, 0) is 75.3 Å². The second-order valence-corrected chi connectivity index (χ2v) is 14.8. The van der Waals surface area contributed by atoms with Gasteiger partial charge in [-0.15, -0.1) is 0 Å². The number of nitrogens with zero attached hydrogens (tertiary/aromatic N) is 8. The smallest absolute Gasteiger partial charge is 0.293 e. The van der Waals surface area contributed by atoms with Gasteiger partial charge in [0.05, 0.1) is 29.9 Å². The molecule has 0 spiro atoms. The average Bonchev–Trinajstić information content (AvgIpc) is 3.59. The van der Waals surface area contributed by atoms with Crippen molar-refractivity contribution >= 4 is 40.6 Å². The van der Waals surface area contributed by atoms with Crippen molar-refractivity contribution in [2.75, 3.05) is 59.8 Å². The maximum Gasteiger partial charge on any atom is 0.293 e. The molecule has 4 aromatic rings. The first-order chi connectivity index (χ1) is 26.7. The van der Waals surface area contributed by atoms with E-state index in [0.717, 1.165) is 71.4 Å². The van der Waals surface area contributed by atoms with Gasteiger partial charge < -0.3 is 34.5 Å². The molecule has 0 bridgehead atoms. The fourth-order valence-corrected chi connectivity index (χ4v) is 8.62. The van der Waals surface area contributed by atoms with Gasteiger partial charge >= 0.3 is 0 Å². The number of hydrogen-bond donors (Lipinski definition) is 3. The van der Waals surface area contributed by atoms with Crippen molar-refractivity contribution in [1.29, 1.82) is 0 Å². The molecule has 1 unspecified atom stereocenters. The van der Waals surface area contributed by atoms with Crippen LogP contribution in [0.1, 0.15) is 59.9 Å². The summed E-state index contributed by atoms with van der Waals surface area (Å²) in [5.74, 6) is 0.488. The number of amides is 2. The third kappa shape index (κ3) is 7.03. The topological polar surface area (TPSA) is 163 Å². The first-order valence-corrected chi connectivity index (χ1v) is 19.2. The summed E-state index contributed by atoms with van der Waals surface area (Å²) >= 11 is 0. The molecule has 2 saturated heterocycles. The number of anilines is 5. The number of aryl methyl sites for hydroxylation is 2. The Morgan fingerprint density at radius 3 is 2.67 bits per heavy atom. The summed E-state index contributed by atoms with van der Waals surface area (Å²) in [6.45, 7) is 10.5. The molecule has 15 nitrogen and oxygen atoms in total. The molecule has 288 valence electrons. The molecule has 55 heavy (non-hydrogen) atoms. The number of ether oxygens (including phenoxy) is 1. The summed E-state index contributed by atoms with van der Waals surface area (Å²) in [7, 11) is 1.63. The van der Waals surface area contributed by atoms with Crippen molar-refractivity contribution < 1.29 is 19.4 Å². The number of carbonyl (C=O) groups is 2. The van der Waals surface area contributed by atoms with Crippen LogP contribution in [0.4, 0.5) is 28.8 Å². The van der Waals surface area contributed by atoms with Gasteiger partial charge in [0.25, 0.3) is 11.5 Å². The van der Waals surface area contributed by atoms with Crippen LogP contribution in [0.2, 0.25) is 0 Å². The van der Waals surface area contributed by atoms with Crippen molar-refractivity contribution in [2.24, 2.45) is 7.05 Å². The van der Waals surface area contributed by atoms with Gasteiger partial charge in [-0.25, -0.2) is 15.0 Å². The number of rotatable bonds is 9. The molecule has 2 fully saturated rings. The lowest BCUT2D eigenvalue weighted by atomic mass is 9.98. The van der Waals surface area contributed by atoms with E-state index in [-0.39, 0.29) is 23.7 Å². The van der Waals surface area contributed by atoms with Gasteiger partial charge in [-0.3, -0.25) is 24.2 Å². The van der Waals surface area contributed by atoms with Crippen LogP contribution in [0.3, 0.4) is 0 Å². The molecule has 2 amide bonds. The van der Waals surface area contributed by atoms with Gasteiger partial charge in [-0.1, -0.05) is 6.58 Å². The molecule has 4 aliphatic rings. The number of fused-ring (bicyclic) bond motifs is 3. The molecule has 4 aromatic heterocycles. The lowest BCUT2D eigenvalue weighted by Crippen LogP contribution is -2.56. The van der Waals surface area contributed by atoms with Crippen molar-refractivity contribution in [2.45, 2.75) is 70.7 Å². The molecule has 0 saturated carbocycles. The Morgan fingerprint density at radius 2 is 1.89 bits per heavy atom. The number of aliphatic hydroxyl groups excluding tert-OH is 1. The largest absolute Gasteiger partial charge is 0.392 e. The number of pyridine rings is 2. The minimum atomic E-state index is -0.396. The van der Waals surface area contributed by atoms with Gasteiger partial charge in [0.1, 0.15) is 11.5 Å². The summed E-state index contributed by atoms with van der Waals surface area (Å²) in [5.41, 5.74) is 5.06. The molecule has 1 aliphatic carbocycles. The number of nitrogens with one attached hydrogen (secondary N) is 2. The lowest BCUT2D eigenvalue weighted by molar-refractivity contribution is -0.111. The Morgan fingerprint density at radius 1 is 1.07 bits per heavy atom. The Hall–Kier alpha value is -5.38. The molecule has 8 rings (SSSR count). The minimum absolute atomic E-state index is 0.0219. The van der Waals surface area contributed by atoms with Crippen LogP contribution in [-0.2, 0) is 42.6 Å². The first kappa shape index (κ1) is 36.6. The highest BCUT2D eigenvalue weighted by atomic mass is 16.5. The van der Waals surface area contributed by atoms with Crippen molar-refractivity contribution in [1.82, 2.24) is 29.0 Å². The third-order valence-electron chi connectivity index (χ3n) is 11.4. The number of aliphatic hydroxyl groups is 1. The van der Waals surface area contributed by atoms with Crippen LogP contribution in [0.15, 0.2) is 54.2 Å². The Balaban J connectivity index is 1.07. The molecule has 7 heterocycles. The second kappa shape index (κ2) is 15.4. The zero-order valence-electron chi connectivity index (χ0n) is 31.5. The highest BCUT2D eigenvalue weighted by Gasteiger charge is 2.34. The van der Waals surface area contributed by atoms with Crippen LogP contribution in [-0.4, -0.2) is 97.4 Å². The van der Waals surface area contributed by atoms with Crippen LogP contribution >= 0.6 is 0 Å². The quantitative estimate of drug-likeness (QED) is 0.214. The van der Waals surface area contributed by atoms with Gasteiger partial charge in [0, 0.05) is 94.3 Å². The van der Waals surface area contributed by atoms with Crippen molar-refractivity contribution in [3.05, 3.63) is 82.3 Å². The predicted octanol–water partition coefficient (Wildman–Crippen LogP) is 3.63. The average molecular weight is 749 g/mol. The van der Waals surface area contributed by atoms with E-state index in [0.29, 0.717) is 64.7 Å². The predicted molar refractivity (Wildman–Crippen MR) is 210 cm³/mol. The minimum Gasteiger partial charge on any atom is -0.392 e. The summed E-state index contributed by atoms with van der Waals surface area (Å²) in [5, 5.41) is 16.8. The van der Waals surface area contributed by atoms with E-state index >= 15 is 0 Å². The maximum atomic E-state index is 13.9. The SMILES string of the molecule is C=CC(=O)Nc1cc(Nc2nc(-c3ccnc(N4CCn5c(cc6c5CCCC6)C4=O)c3CO)cn(C)c2=O)cnc1N1CCN(C2CCOCC2)CC1C. The van der Waals surface area contributed by atoms with Gasteiger partial charge in [0.2, 0.25) is 5.91 Å². The lowest BCUT2D eigenvalue weighted by Gasteiger charge is -2.45. The zero-order chi connectivity index (χ0) is 38.2. The van der Waals surface area contributed by atoms with Gasteiger partial charge in [0.15, 0.2) is 11.6 Å². The fraction of sp³-hybridized carbons (Fsp3) is 0.450. The highest BCUT2D eigenvalue weighted by molar-refractivity contribution is 6.06. The van der Waals surface area contributed by atoms with E-state index in [9.17, 15) is 19.5 Å². The summed E-state index contributed by atoms with van der Waals surface area (Å²) < 4.78 is 9.14. The summed E-state index contributed by atoms with van der Waals surface area (Å²) in [4.78, 5) is 60.5. The van der Waals surface area contributed by atoms with Crippen LogP contribution in [0.5, 0.6) is 0 Å². The molecule has 0 radical (unpaired) electrons. The maximum absolute atomic E-state index is 13.9. The van der Waals surface area contributed by atoms with E-state index in [1.807, 2.05) is 6.07 Å². The monoisotopic (exact) mass is 748 g/mol. The van der Waals surface area contributed by atoms with Crippen LogP contribution in [0, 0.1) is 0 Å². The molecular weight excluding hydrogens is 701 g/mol. The standard InChI is InChI=1S/C40H48N10O5/c1-4-35(52)44-31-20-27(21-42-38(31)48-14-13-47(22-25(48)2)28-10-17-55-18-11-28)43-36-40(54)46(3)23-32(45-36)29-9-12-41-37(30(29)24-51)50-16-15-49-33-8-6-5-7-26(33)19-34(49)39(50)53/h4,9,12,19-21,23,25,28,51H,1,5-8,10-11,13-18,22,24H2,2-3H3,(H,43,45)(H,44,52). The van der Waals surface area contributed by atoms with E-state index in [1.165, 1.54) is 21.9 Å². The molecule has 0 aromatic carbocycles. The van der Waals surface area contributed by atoms with E-state index < -0.39 is 12.2 Å². The molecule has 3 N–H and O–H groups in total. The number of carbonyl (C=O) groups excluding carboxylic acids is 2. The summed E-state index contributed by atoms with van der Waals surface area (Å²) in [6, 6.07) is 6.12.